The Morgan fingerprint density at radius 3 is 3.04 bits per heavy atom. The fraction of sp³-hybridized carbons (Fsp3) is 0.294. The Hall–Kier alpha value is -2.96. The molecule has 1 N–H and O–H groups in total. The van der Waals surface area contributed by atoms with Crippen LogP contribution in [-0.4, -0.2) is 31.2 Å². The number of aromatic nitrogens is 5. The van der Waals surface area contributed by atoms with Gasteiger partial charge in [-0.25, -0.2) is 0 Å². The highest BCUT2D eigenvalue weighted by molar-refractivity contribution is 5.73. The minimum Gasteiger partial charge on any atom is -0.459 e. The standard InChI is InChI=1S/C17H17N5O2/c23-17(12-6-7-13-9-18-20-16(13)8-12)24-11-14-10-19-22(21-14)15-4-2-1-3-5-15/h1-5,9-10,12H,6-8,11H2,(H,18,20)/t12-/m0/s1. The van der Waals surface area contributed by atoms with Gasteiger partial charge in [0.2, 0.25) is 0 Å². The van der Waals surface area contributed by atoms with Crippen LogP contribution in [0.15, 0.2) is 42.7 Å². The first kappa shape index (κ1) is 14.6. The molecular weight excluding hydrogens is 306 g/mol. The lowest BCUT2D eigenvalue weighted by Crippen LogP contribution is -2.24. The molecule has 0 amide bonds. The van der Waals surface area contributed by atoms with Crippen molar-refractivity contribution in [1.82, 2.24) is 25.2 Å². The predicted molar refractivity (Wildman–Crippen MR) is 85.3 cm³/mol. The quantitative estimate of drug-likeness (QED) is 0.740. The van der Waals surface area contributed by atoms with E-state index in [1.165, 1.54) is 10.4 Å². The van der Waals surface area contributed by atoms with Crippen LogP contribution >= 0.6 is 0 Å². The molecule has 2 aromatic heterocycles. The number of rotatable bonds is 4. The van der Waals surface area contributed by atoms with Gasteiger partial charge in [0.1, 0.15) is 12.3 Å². The van der Waals surface area contributed by atoms with Gasteiger partial charge in [-0.3, -0.25) is 9.89 Å². The van der Waals surface area contributed by atoms with Crippen LogP contribution in [0.25, 0.3) is 5.69 Å². The molecule has 1 atom stereocenters. The van der Waals surface area contributed by atoms with Crippen LogP contribution in [0.4, 0.5) is 0 Å². The summed E-state index contributed by atoms with van der Waals surface area (Å²) in [5.41, 5.74) is 3.74. The van der Waals surface area contributed by atoms with Crippen LogP contribution in [0, 0.1) is 5.92 Å². The summed E-state index contributed by atoms with van der Waals surface area (Å²) in [4.78, 5) is 13.8. The maximum atomic E-state index is 12.3. The molecule has 4 rings (SSSR count). The normalized spacial score (nSPS) is 16.6. The molecule has 122 valence electrons. The number of hydrogen-bond donors (Lipinski definition) is 1. The molecular formula is C17H17N5O2. The van der Waals surface area contributed by atoms with E-state index < -0.39 is 0 Å². The molecule has 1 aromatic carbocycles. The lowest BCUT2D eigenvalue weighted by Gasteiger charge is -2.19. The van der Waals surface area contributed by atoms with Crippen LogP contribution in [0.2, 0.25) is 0 Å². The molecule has 0 saturated heterocycles. The third-order valence-corrected chi connectivity index (χ3v) is 4.24. The molecule has 0 saturated carbocycles. The molecule has 1 aliphatic rings. The van der Waals surface area contributed by atoms with Gasteiger partial charge >= 0.3 is 5.97 Å². The third-order valence-electron chi connectivity index (χ3n) is 4.24. The summed E-state index contributed by atoms with van der Waals surface area (Å²) < 4.78 is 5.42. The molecule has 0 spiro atoms. The Morgan fingerprint density at radius 1 is 1.29 bits per heavy atom. The summed E-state index contributed by atoms with van der Waals surface area (Å²) in [5, 5.41) is 15.5. The van der Waals surface area contributed by atoms with Crippen molar-refractivity contribution in [3.63, 3.8) is 0 Å². The number of para-hydroxylation sites is 1. The Labute approximate surface area is 138 Å². The van der Waals surface area contributed by atoms with Gasteiger partial charge in [0, 0.05) is 12.1 Å². The number of carbonyl (C=O) groups is 1. The Morgan fingerprint density at radius 2 is 2.17 bits per heavy atom. The fourth-order valence-corrected chi connectivity index (χ4v) is 2.92. The topological polar surface area (TPSA) is 85.7 Å². The second kappa shape index (κ2) is 6.27. The number of benzene rings is 1. The third kappa shape index (κ3) is 2.92. The zero-order valence-corrected chi connectivity index (χ0v) is 13.1. The summed E-state index contributed by atoms with van der Waals surface area (Å²) in [5.74, 6) is -0.313. The number of nitrogens with one attached hydrogen (secondary N) is 1. The Bertz CT molecular complexity index is 840. The second-order valence-corrected chi connectivity index (χ2v) is 5.88. The van der Waals surface area contributed by atoms with Crippen molar-refractivity contribution in [2.45, 2.75) is 25.9 Å². The van der Waals surface area contributed by atoms with E-state index in [9.17, 15) is 4.79 Å². The number of esters is 1. The second-order valence-electron chi connectivity index (χ2n) is 5.88. The van der Waals surface area contributed by atoms with E-state index in [2.05, 4.69) is 20.4 Å². The van der Waals surface area contributed by atoms with Crippen LogP contribution in [-0.2, 0) is 29.0 Å². The summed E-state index contributed by atoms with van der Waals surface area (Å²) in [7, 11) is 0. The number of nitrogens with zero attached hydrogens (tertiary/aromatic N) is 4. The van der Waals surface area contributed by atoms with E-state index in [0.717, 1.165) is 24.2 Å². The summed E-state index contributed by atoms with van der Waals surface area (Å²) in [6.07, 6.45) is 5.76. The molecule has 0 radical (unpaired) electrons. The van der Waals surface area contributed by atoms with Gasteiger partial charge in [-0.05, 0) is 30.5 Å². The molecule has 24 heavy (non-hydrogen) atoms. The highest BCUT2D eigenvalue weighted by Crippen LogP contribution is 2.24. The maximum Gasteiger partial charge on any atom is 0.309 e. The van der Waals surface area contributed by atoms with E-state index in [-0.39, 0.29) is 18.5 Å². The molecule has 0 fully saturated rings. The summed E-state index contributed by atoms with van der Waals surface area (Å²) in [6, 6.07) is 9.61. The number of fused-ring (bicyclic) bond motifs is 1. The highest BCUT2D eigenvalue weighted by atomic mass is 16.5. The first-order valence-electron chi connectivity index (χ1n) is 7.94. The number of carbonyl (C=O) groups excluding carboxylic acids is 1. The number of ether oxygens (including phenoxy) is 1. The minimum atomic E-state index is -0.190. The number of aromatic amines is 1. The molecule has 0 aliphatic heterocycles. The van der Waals surface area contributed by atoms with E-state index in [4.69, 9.17) is 4.74 Å². The lowest BCUT2D eigenvalue weighted by atomic mass is 9.88. The average molecular weight is 323 g/mol. The minimum absolute atomic E-state index is 0.123. The van der Waals surface area contributed by atoms with Gasteiger partial charge in [-0.15, -0.1) is 5.10 Å². The molecule has 3 aromatic rings. The number of H-pyrrole nitrogens is 1. The lowest BCUT2D eigenvalue weighted by molar-refractivity contribution is -0.150. The van der Waals surface area contributed by atoms with Crippen molar-refractivity contribution in [2.24, 2.45) is 5.92 Å². The Kier molecular flexibility index (Phi) is 3.82. The van der Waals surface area contributed by atoms with Gasteiger partial charge in [-0.1, -0.05) is 18.2 Å². The van der Waals surface area contributed by atoms with E-state index in [1.54, 1.807) is 6.20 Å². The van der Waals surface area contributed by atoms with Gasteiger partial charge in [0.05, 0.1) is 24.0 Å². The van der Waals surface area contributed by atoms with Gasteiger partial charge < -0.3 is 4.74 Å². The van der Waals surface area contributed by atoms with Crippen molar-refractivity contribution >= 4 is 5.97 Å². The number of aryl methyl sites for hydroxylation is 1. The van der Waals surface area contributed by atoms with Gasteiger partial charge in [-0.2, -0.15) is 15.0 Å². The smallest absolute Gasteiger partial charge is 0.309 e. The monoisotopic (exact) mass is 323 g/mol. The molecule has 0 unspecified atom stereocenters. The highest BCUT2D eigenvalue weighted by Gasteiger charge is 2.27. The number of hydrogen-bond acceptors (Lipinski definition) is 5. The van der Waals surface area contributed by atoms with Crippen molar-refractivity contribution in [1.29, 1.82) is 0 Å². The van der Waals surface area contributed by atoms with Gasteiger partial charge in [0.15, 0.2) is 0 Å². The largest absolute Gasteiger partial charge is 0.459 e. The van der Waals surface area contributed by atoms with Crippen LogP contribution in [0.1, 0.15) is 23.4 Å². The molecule has 1 aliphatic carbocycles. The first-order chi connectivity index (χ1) is 11.8. The van der Waals surface area contributed by atoms with Gasteiger partial charge in [0.25, 0.3) is 0 Å². The molecule has 7 nitrogen and oxygen atoms in total. The van der Waals surface area contributed by atoms with E-state index in [0.29, 0.717) is 12.1 Å². The SMILES string of the molecule is O=C(OCc1cnn(-c2ccccc2)n1)[C@H]1CCc2cn[nH]c2C1. The maximum absolute atomic E-state index is 12.3. The van der Waals surface area contributed by atoms with E-state index in [1.807, 2.05) is 36.5 Å². The van der Waals surface area contributed by atoms with Crippen molar-refractivity contribution in [3.8, 4) is 5.69 Å². The molecule has 0 bridgehead atoms. The molecule has 7 heteroatoms. The van der Waals surface area contributed by atoms with Crippen LogP contribution in [0.3, 0.4) is 0 Å². The average Bonchev–Trinajstić information content (AvgIpc) is 3.29. The zero-order chi connectivity index (χ0) is 16.4. The van der Waals surface area contributed by atoms with Crippen molar-refractivity contribution < 1.29 is 9.53 Å². The van der Waals surface area contributed by atoms with E-state index >= 15 is 0 Å². The summed E-state index contributed by atoms with van der Waals surface area (Å²) >= 11 is 0. The van der Waals surface area contributed by atoms with Crippen LogP contribution in [0.5, 0.6) is 0 Å². The predicted octanol–water partition coefficient (Wildman–Crippen LogP) is 1.84. The molecule has 2 heterocycles. The van der Waals surface area contributed by atoms with Crippen molar-refractivity contribution in [2.75, 3.05) is 0 Å². The Balaban J connectivity index is 1.36. The fourth-order valence-electron chi connectivity index (χ4n) is 2.92. The zero-order valence-electron chi connectivity index (χ0n) is 13.1. The van der Waals surface area contributed by atoms with Crippen molar-refractivity contribution in [3.05, 3.63) is 59.7 Å². The summed E-state index contributed by atoms with van der Waals surface area (Å²) in [6.45, 7) is 0.137. The van der Waals surface area contributed by atoms with Crippen LogP contribution < -0.4 is 0 Å². The first-order valence-corrected chi connectivity index (χ1v) is 7.94.